The van der Waals surface area contributed by atoms with Gasteiger partial charge in [-0.1, -0.05) is 19.8 Å². The van der Waals surface area contributed by atoms with E-state index < -0.39 is 0 Å². The van der Waals surface area contributed by atoms with E-state index in [1.165, 1.54) is 70.8 Å². The summed E-state index contributed by atoms with van der Waals surface area (Å²) in [7, 11) is 0. The molecule has 3 aliphatic carbocycles. The number of hydrogen-bond donors (Lipinski definition) is 2. The summed E-state index contributed by atoms with van der Waals surface area (Å²) in [6, 6.07) is 0. The van der Waals surface area contributed by atoms with Crippen LogP contribution in [0.5, 0.6) is 0 Å². The molecule has 0 radical (unpaired) electrons. The van der Waals surface area contributed by atoms with E-state index in [-0.39, 0.29) is 5.54 Å². The molecule has 3 N–H and O–H groups in total. The highest BCUT2D eigenvalue weighted by Crippen LogP contribution is 2.51. The van der Waals surface area contributed by atoms with Gasteiger partial charge in [0.2, 0.25) is 0 Å². The van der Waals surface area contributed by atoms with Gasteiger partial charge in [0, 0.05) is 12.1 Å². The zero-order valence-electron chi connectivity index (χ0n) is 12.7. The van der Waals surface area contributed by atoms with Crippen LogP contribution in [0.3, 0.4) is 0 Å². The first-order valence-electron chi connectivity index (χ1n) is 8.62. The minimum atomic E-state index is 0.275. The Hall–Kier alpha value is -0.0800. The highest BCUT2D eigenvalue weighted by atomic mass is 15.0. The van der Waals surface area contributed by atoms with Gasteiger partial charge in [-0.2, -0.15) is 0 Å². The first kappa shape index (κ1) is 13.9. The maximum atomic E-state index is 6.14. The largest absolute Gasteiger partial charge is 0.329 e. The van der Waals surface area contributed by atoms with Crippen molar-refractivity contribution in [2.45, 2.75) is 76.7 Å². The van der Waals surface area contributed by atoms with Crippen LogP contribution < -0.4 is 11.1 Å². The molecular weight excluding hydrogens is 232 g/mol. The van der Waals surface area contributed by atoms with Crippen LogP contribution in [0, 0.1) is 17.3 Å². The first-order valence-corrected chi connectivity index (χ1v) is 8.62. The summed E-state index contributed by atoms with van der Waals surface area (Å²) < 4.78 is 0. The summed E-state index contributed by atoms with van der Waals surface area (Å²) in [5.74, 6) is 1.86. The third kappa shape index (κ3) is 3.00. The van der Waals surface area contributed by atoms with Crippen molar-refractivity contribution in [2.75, 3.05) is 13.1 Å². The molecule has 1 unspecified atom stereocenters. The summed E-state index contributed by atoms with van der Waals surface area (Å²) in [6.07, 6.45) is 14.3. The molecule has 3 aliphatic rings. The highest BCUT2D eigenvalue weighted by Gasteiger charge is 2.43. The van der Waals surface area contributed by atoms with E-state index in [1.54, 1.807) is 0 Å². The Bertz CT molecular complexity index is 287. The van der Waals surface area contributed by atoms with Crippen molar-refractivity contribution in [1.29, 1.82) is 0 Å². The highest BCUT2D eigenvalue weighted by molar-refractivity contribution is 5.00. The summed E-state index contributed by atoms with van der Waals surface area (Å²) >= 11 is 0. The molecule has 0 saturated heterocycles. The summed E-state index contributed by atoms with van der Waals surface area (Å²) in [6.45, 7) is 4.44. The molecule has 0 aromatic carbocycles. The molecule has 0 aliphatic heterocycles. The third-order valence-corrected chi connectivity index (χ3v) is 6.55. The molecule has 2 heteroatoms. The number of hydrogen-bond acceptors (Lipinski definition) is 2. The van der Waals surface area contributed by atoms with Crippen molar-refractivity contribution >= 4 is 0 Å². The van der Waals surface area contributed by atoms with Crippen molar-refractivity contribution in [1.82, 2.24) is 5.32 Å². The van der Waals surface area contributed by atoms with Gasteiger partial charge in [-0.15, -0.1) is 0 Å². The number of nitrogens with two attached hydrogens (primary N) is 1. The Labute approximate surface area is 118 Å². The fourth-order valence-corrected chi connectivity index (χ4v) is 4.55. The average Bonchev–Trinajstić information content (AvgIpc) is 3.20. The topological polar surface area (TPSA) is 38.0 Å². The SMILES string of the molecule is CC(CNC1(CN)CCC2(CCCC2)CC1)C1CC1. The maximum absolute atomic E-state index is 6.14. The summed E-state index contributed by atoms with van der Waals surface area (Å²) in [5.41, 5.74) is 7.14. The molecule has 1 spiro atoms. The van der Waals surface area contributed by atoms with Gasteiger partial charge in [-0.3, -0.25) is 0 Å². The van der Waals surface area contributed by atoms with E-state index in [2.05, 4.69) is 12.2 Å². The van der Waals surface area contributed by atoms with Gasteiger partial charge in [-0.25, -0.2) is 0 Å². The predicted octanol–water partition coefficient (Wildman–Crippen LogP) is 3.45. The maximum Gasteiger partial charge on any atom is 0.0304 e. The monoisotopic (exact) mass is 264 g/mol. The lowest BCUT2D eigenvalue weighted by Crippen LogP contribution is -2.55. The van der Waals surface area contributed by atoms with Gasteiger partial charge in [0.25, 0.3) is 0 Å². The molecule has 1 atom stereocenters. The Balaban J connectivity index is 1.52. The minimum absolute atomic E-state index is 0.275. The lowest BCUT2D eigenvalue weighted by atomic mass is 9.66. The van der Waals surface area contributed by atoms with E-state index >= 15 is 0 Å². The van der Waals surface area contributed by atoms with Gasteiger partial charge >= 0.3 is 0 Å². The fourth-order valence-electron chi connectivity index (χ4n) is 4.55. The molecule has 0 aromatic rings. The molecule has 0 bridgehead atoms. The fraction of sp³-hybridized carbons (Fsp3) is 1.00. The van der Waals surface area contributed by atoms with Gasteiger partial charge in [0.05, 0.1) is 0 Å². The molecule has 2 nitrogen and oxygen atoms in total. The third-order valence-electron chi connectivity index (χ3n) is 6.55. The van der Waals surface area contributed by atoms with E-state index in [4.69, 9.17) is 5.73 Å². The van der Waals surface area contributed by atoms with E-state index in [1.807, 2.05) is 0 Å². The minimum Gasteiger partial charge on any atom is -0.329 e. The van der Waals surface area contributed by atoms with Crippen LogP contribution in [0.1, 0.15) is 71.1 Å². The van der Waals surface area contributed by atoms with Crippen molar-refractivity contribution in [3.05, 3.63) is 0 Å². The molecular formula is C17H32N2. The van der Waals surface area contributed by atoms with Crippen LogP contribution in [0.4, 0.5) is 0 Å². The van der Waals surface area contributed by atoms with Gasteiger partial charge < -0.3 is 11.1 Å². The molecule has 3 rings (SSSR count). The predicted molar refractivity (Wildman–Crippen MR) is 81.0 cm³/mol. The van der Waals surface area contributed by atoms with E-state index in [9.17, 15) is 0 Å². The average molecular weight is 264 g/mol. The van der Waals surface area contributed by atoms with E-state index in [0.717, 1.165) is 23.8 Å². The van der Waals surface area contributed by atoms with Crippen LogP contribution in [-0.2, 0) is 0 Å². The lowest BCUT2D eigenvalue weighted by Gasteiger charge is -2.45. The molecule has 0 amide bonds. The first-order chi connectivity index (χ1) is 9.17. The normalized spacial score (nSPS) is 30.6. The Morgan fingerprint density at radius 1 is 1.05 bits per heavy atom. The van der Waals surface area contributed by atoms with Crippen molar-refractivity contribution in [3.63, 3.8) is 0 Å². The van der Waals surface area contributed by atoms with Crippen LogP contribution in [0.25, 0.3) is 0 Å². The Kier molecular flexibility index (Phi) is 3.92. The molecule has 0 aromatic heterocycles. The molecule has 110 valence electrons. The number of nitrogens with one attached hydrogen (secondary N) is 1. The standard InChI is InChI=1S/C17H32N2/c1-14(15-4-5-15)12-19-17(13-18)10-8-16(9-11-17)6-2-3-7-16/h14-15,19H,2-13,18H2,1H3. The van der Waals surface area contributed by atoms with Gasteiger partial charge in [-0.05, 0) is 75.2 Å². The zero-order valence-corrected chi connectivity index (χ0v) is 12.7. The van der Waals surface area contributed by atoms with Crippen LogP contribution in [0.15, 0.2) is 0 Å². The smallest absolute Gasteiger partial charge is 0.0304 e. The Morgan fingerprint density at radius 2 is 1.68 bits per heavy atom. The van der Waals surface area contributed by atoms with E-state index in [0.29, 0.717) is 0 Å². The van der Waals surface area contributed by atoms with Crippen molar-refractivity contribution < 1.29 is 0 Å². The molecule has 19 heavy (non-hydrogen) atoms. The number of rotatable bonds is 5. The van der Waals surface area contributed by atoms with Crippen molar-refractivity contribution in [3.8, 4) is 0 Å². The second kappa shape index (κ2) is 5.37. The lowest BCUT2D eigenvalue weighted by molar-refractivity contribution is 0.111. The van der Waals surface area contributed by atoms with Crippen LogP contribution in [0.2, 0.25) is 0 Å². The second-order valence-corrected chi connectivity index (χ2v) is 7.89. The van der Waals surface area contributed by atoms with Gasteiger partial charge in [0.1, 0.15) is 0 Å². The summed E-state index contributed by atoms with van der Waals surface area (Å²) in [5, 5.41) is 3.89. The zero-order chi connectivity index (χ0) is 13.3. The Morgan fingerprint density at radius 3 is 2.21 bits per heavy atom. The molecule has 0 heterocycles. The van der Waals surface area contributed by atoms with Crippen LogP contribution >= 0.6 is 0 Å². The van der Waals surface area contributed by atoms with Crippen molar-refractivity contribution in [2.24, 2.45) is 23.0 Å². The van der Waals surface area contributed by atoms with Gasteiger partial charge in [0.15, 0.2) is 0 Å². The summed E-state index contributed by atoms with van der Waals surface area (Å²) in [4.78, 5) is 0. The second-order valence-electron chi connectivity index (χ2n) is 7.89. The molecule has 3 fully saturated rings. The van der Waals surface area contributed by atoms with Crippen LogP contribution in [-0.4, -0.2) is 18.6 Å². The quantitative estimate of drug-likeness (QED) is 0.798. The molecule has 3 saturated carbocycles.